The molecular weight excluding hydrogens is 264 g/mol. The van der Waals surface area contributed by atoms with Crippen LogP contribution < -0.4 is 5.32 Å². The molecule has 1 rings (SSSR count). The van der Waals surface area contributed by atoms with E-state index in [-0.39, 0.29) is 18.7 Å². The molecule has 1 heterocycles. The van der Waals surface area contributed by atoms with Crippen LogP contribution in [-0.2, 0) is 14.3 Å². The maximum absolute atomic E-state index is 11.9. The number of unbranched alkanes of at least 4 members (excludes halogenated alkanes) is 1. The van der Waals surface area contributed by atoms with Crippen LogP contribution in [0.25, 0.3) is 0 Å². The first-order chi connectivity index (χ1) is 9.30. The highest BCUT2D eigenvalue weighted by Crippen LogP contribution is 2.16. The number of nitrogens with zero attached hydrogens (tertiary/aromatic N) is 1. The summed E-state index contributed by atoms with van der Waals surface area (Å²) in [5, 5.41) is 10.8. The van der Waals surface area contributed by atoms with Crippen LogP contribution in [0.15, 0.2) is 0 Å². The fourth-order valence-electron chi connectivity index (χ4n) is 2.01. The van der Waals surface area contributed by atoms with Gasteiger partial charge in [-0.1, -0.05) is 0 Å². The lowest BCUT2D eigenvalue weighted by Crippen LogP contribution is -2.54. The summed E-state index contributed by atoms with van der Waals surface area (Å²) < 4.78 is 5.49. The summed E-state index contributed by atoms with van der Waals surface area (Å²) in [6, 6.07) is -0.412. The van der Waals surface area contributed by atoms with Crippen molar-refractivity contribution in [3.05, 3.63) is 0 Å². The van der Waals surface area contributed by atoms with Crippen LogP contribution in [0.2, 0.25) is 0 Å². The van der Waals surface area contributed by atoms with Crippen LogP contribution in [0.4, 0.5) is 4.79 Å². The molecule has 0 aromatic heterocycles. The molecular formula is C13H22N2O5. The Kier molecular flexibility index (Phi) is 5.94. The van der Waals surface area contributed by atoms with Gasteiger partial charge < -0.3 is 14.7 Å². The number of aliphatic carboxylic acids is 1. The van der Waals surface area contributed by atoms with Crippen molar-refractivity contribution in [1.29, 1.82) is 0 Å². The lowest BCUT2D eigenvalue weighted by atomic mass is 10.1. The monoisotopic (exact) mass is 286 g/mol. The van der Waals surface area contributed by atoms with E-state index in [9.17, 15) is 14.4 Å². The van der Waals surface area contributed by atoms with Crippen molar-refractivity contribution >= 4 is 17.9 Å². The minimum absolute atomic E-state index is 0.0406. The number of hydrogen-bond donors (Lipinski definition) is 2. The molecule has 0 radical (unpaired) electrons. The number of carboxylic acid groups (broad SMARTS) is 1. The number of carbonyl (C=O) groups excluding carboxylic acids is 2. The Balaban J connectivity index is 2.27. The maximum Gasteiger partial charge on any atom is 0.324 e. The highest BCUT2D eigenvalue weighted by atomic mass is 16.5. The van der Waals surface area contributed by atoms with E-state index >= 15 is 0 Å². The molecule has 0 atom stereocenters. The predicted octanol–water partition coefficient (Wildman–Crippen LogP) is 0.978. The summed E-state index contributed by atoms with van der Waals surface area (Å²) in [4.78, 5) is 35.3. The second-order valence-electron chi connectivity index (χ2n) is 5.48. The van der Waals surface area contributed by atoms with E-state index in [1.54, 1.807) is 4.90 Å². The van der Waals surface area contributed by atoms with Crippen LogP contribution in [0.3, 0.4) is 0 Å². The van der Waals surface area contributed by atoms with Gasteiger partial charge in [-0.25, -0.2) is 4.79 Å². The lowest BCUT2D eigenvalue weighted by molar-refractivity contribution is -0.137. The predicted molar refractivity (Wildman–Crippen MR) is 71.2 cm³/mol. The first-order valence-electron chi connectivity index (χ1n) is 6.75. The van der Waals surface area contributed by atoms with Crippen LogP contribution in [0.1, 0.15) is 39.5 Å². The molecule has 0 aromatic carbocycles. The molecule has 1 saturated heterocycles. The first-order valence-corrected chi connectivity index (χ1v) is 6.75. The molecule has 0 saturated carbocycles. The van der Waals surface area contributed by atoms with Gasteiger partial charge in [0.25, 0.3) is 0 Å². The Bertz CT molecular complexity index is 381. The third-order valence-electron chi connectivity index (χ3n) is 3.00. The third-order valence-corrected chi connectivity index (χ3v) is 3.00. The average Bonchev–Trinajstić information content (AvgIpc) is 2.33. The van der Waals surface area contributed by atoms with Crippen molar-refractivity contribution < 1.29 is 24.2 Å². The van der Waals surface area contributed by atoms with Gasteiger partial charge in [0, 0.05) is 19.4 Å². The van der Waals surface area contributed by atoms with Gasteiger partial charge in [0.15, 0.2) is 0 Å². The molecule has 20 heavy (non-hydrogen) atoms. The number of nitrogens with one attached hydrogen (secondary N) is 1. The minimum atomic E-state index is -0.878. The number of imide groups is 1. The van der Waals surface area contributed by atoms with Gasteiger partial charge in [-0.2, -0.15) is 0 Å². The first kappa shape index (κ1) is 16.4. The number of amides is 3. The molecule has 1 aliphatic rings. The molecule has 1 fully saturated rings. The normalized spacial score (nSPS) is 17.6. The Morgan fingerprint density at radius 3 is 2.50 bits per heavy atom. The van der Waals surface area contributed by atoms with E-state index in [2.05, 4.69) is 5.32 Å². The number of ether oxygens (including phenoxy) is 1. The van der Waals surface area contributed by atoms with E-state index in [1.165, 1.54) is 0 Å². The highest BCUT2D eigenvalue weighted by Gasteiger charge is 2.30. The fraction of sp³-hybridized carbons (Fsp3) is 0.769. The maximum atomic E-state index is 11.9. The fourth-order valence-corrected chi connectivity index (χ4v) is 2.01. The Morgan fingerprint density at radius 2 is 1.90 bits per heavy atom. The summed E-state index contributed by atoms with van der Waals surface area (Å²) in [7, 11) is 0. The number of carboxylic acids is 1. The smallest absolute Gasteiger partial charge is 0.324 e. The van der Waals surface area contributed by atoms with Crippen molar-refractivity contribution in [2.45, 2.75) is 45.1 Å². The van der Waals surface area contributed by atoms with Gasteiger partial charge >= 0.3 is 12.0 Å². The summed E-state index contributed by atoms with van der Waals surface area (Å²) in [6.45, 7) is 5.13. The molecule has 7 nitrogen and oxygen atoms in total. The molecule has 0 bridgehead atoms. The van der Waals surface area contributed by atoms with Crippen molar-refractivity contribution in [2.75, 3.05) is 19.7 Å². The molecule has 0 aliphatic carbocycles. The zero-order valence-electron chi connectivity index (χ0n) is 12.0. The molecule has 0 aromatic rings. The zero-order chi connectivity index (χ0) is 15.2. The van der Waals surface area contributed by atoms with Gasteiger partial charge in [-0.3, -0.25) is 14.9 Å². The van der Waals surface area contributed by atoms with E-state index in [0.717, 1.165) is 0 Å². The van der Waals surface area contributed by atoms with Gasteiger partial charge in [-0.05, 0) is 26.7 Å². The largest absolute Gasteiger partial charge is 0.481 e. The summed E-state index contributed by atoms with van der Waals surface area (Å²) in [5.41, 5.74) is -0.403. The van der Waals surface area contributed by atoms with Crippen LogP contribution in [0, 0.1) is 0 Å². The number of rotatable bonds is 5. The van der Waals surface area contributed by atoms with Gasteiger partial charge in [0.1, 0.15) is 0 Å². The second-order valence-corrected chi connectivity index (χ2v) is 5.48. The van der Waals surface area contributed by atoms with Crippen LogP contribution in [0.5, 0.6) is 0 Å². The second kappa shape index (κ2) is 7.23. The Morgan fingerprint density at radius 1 is 1.25 bits per heavy atom. The molecule has 1 aliphatic heterocycles. The lowest BCUT2D eigenvalue weighted by Gasteiger charge is -2.37. The van der Waals surface area contributed by atoms with Gasteiger partial charge in [-0.15, -0.1) is 0 Å². The molecule has 114 valence electrons. The topological polar surface area (TPSA) is 95.9 Å². The van der Waals surface area contributed by atoms with E-state index in [4.69, 9.17) is 9.84 Å². The van der Waals surface area contributed by atoms with Crippen LogP contribution in [-0.4, -0.2) is 53.2 Å². The van der Waals surface area contributed by atoms with E-state index in [1.807, 2.05) is 13.8 Å². The molecule has 0 unspecified atom stereocenters. The Labute approximate surface area is 118 Å². The Hall–Kier alpha value is -1.63. The summed E-state index contributed by atoms with van der Waals surface area (Å²) >= 11 is 0. The SMILES string of the molecule is CC1(C)CN(C(=O)NC(=O)CCCCC(=O)O)CCO1. The number of urea groups is 1. The quantitative estimate of drug-likeness (QED) is 0.734. The standard InChI is InChI=1S/C13H22N2O5/c1-13(2)9-15(7-8-20-13)12(19)14-10(16)5-3-4-6-11(17)18/h3-9H2,1-2H3,(H,17,18)(H,14,16,19). The van der Waals surface area contributed by atoms with Gasteiger partial charge in [0.05, 0.1) is 18.8 Å². The zero-order valence-corrected chi connectivity index (χ0v) is 12.0. The third kappa shape index (κ3) is 6.01. The van der Waals surface area contributed by atoms with Crippen molar-refractivity contribution in [2.24, 2.45) is 0 Å². The molecule has 2 N–H and O–H groups in total. The highest BCUT2D eigenvalue weighted by molar-refractivity contribution is 5.94. The van der Waals surface area contributed by atoms with Crippen molar-refractivity contribution in [3.63, 3.8) is 0 Å². The molecule has 7 heteroatoms. The van der Waals surface area contributed by atoms with E-state index < -0.39 is 17.6 Å². The molecule has 0 spiro atoms. The summed E-state index contributed by atoms with van der Waals surface area (Å²) in [6.07, 6.45) is 1.09. The van der Waals surface area contributed by atoms with Crippen molar-refractivity contribution in [1.82, 2.24) is 10.2 Å². The van der Waals surface area contributed by atoms with Gasteiger partial charge in [0.2, 0.25) is 5.91 Å². The summed E-state index contributed by atoms with van der Waals surface area (Å²) in [5.74, 6) is -1.25. The number of morpholine rings is 1. The molecule has 3 amide bonds. The average molecular weight is 286 g/mol. The van der Waals surface area contributed by atoms with Crippen molar-refractivity contribution in [3.8, 4) is 0 Å². The minimum Gasteiger partial charge on any atom is -0.481 e. The van der Waals surface area contributed by atoms with Crippen LogP contribution >= 0.6 is 0 Å². The number of hydrogen-bond acceptors (Lipinski definition) is 4. The van der Waals surface area contributed by atoms with E-state index in [0.29, 0.717) is 32.5 Å². The number of carbonyl (C=O) groups is 3.